The summed E-state index contributed by atoms with van der Waals surface area (Å²) in [5, 5.41) is 6.65. The number of hydrogen-bond donors (Lipinski definition) is 1. The number of rotatable bonds is 0. The van der Waals surface area contributed by atoms with E-state index in [1.807, 2.05) is 29.9 Å². The van der Waals surface area contributed by atoms with E-state index in [0.29, 0.717) is 0 Å². The molecule has 19 heavy (non-hydrogen) atoms. The van der Waals surface area contributed by atoms with Crippen molar-refractivity contribution in [3.8, 4) is 0 Å². The average molecular weight is 256 g/mol. The van der Waals surface area contributed by atoms with Gasteiger partial charge >= 0.3 is 0 Å². The van der Waals surface area contributed by atoms with Gasteiger partial charge in [0, 0.05) is 19.4 Å². The van der Waals surface area contributed by atoms with Crippen LogP contribution in [0.2, 0.25) is 0 Å². The molecule has 1 aromatic rings. The second kappa shape index (κ2) is 3.77. The maximum absolute atomic E-state index is 4.68. The molecule has 0 bridgehead atoms. The van der Waals surface area contributed by atoms with Crippen molar-refractivity contribution in [2.75, 3.05) is 7.05 Å². The summed E-state index contributed by atoms with van der Waals surface area (Å²) in [6, 6.07) is 0. The first-order valence-corrected chi connectivity index (χ1v) is 6.63. The lowest BCUT2D eigenvalue weighted by Crippen LogP contribution is -2.38. The lowest BCUT2D eigenvalue weighted by molar-refractivity contribution is 0.255. The fourth-order valence-electron chi connectivity index (χ4n) is 2.89. The molecule has 1 unspecified atom stereocenters. The van der Waals surface area contributed by atoms with E-state index >= 15 is 0 Å². The molecule has 0 fully saturated rings. The minimum atomic E-state index is 0.00606. The lowest BCUT2D eigenvalue weighted by atomic mass is 10.2. The number of aryl methyl sites for hydroxylation is 2. The molecule has 0 spiro atoms. The summed E-state index contributed by atoms with van der Waals surface area (Å²) >= 11 is 0. The Morgan fingerprint density at radius 2 is 2.26 bits per heavy atom. The SMILES string of the molecule is CC1=NC2C(=CNN2C)C(n2cc3c(n2)CCC3)=N1. The molecule has 2 aliphatic heterocycles. The van der Waals surface area contributed by atoms with Gasteiger partial charge in [0.2, 0.25) is 0 Å². The number of hydrogen-bond acceptors (Lipinski definition) is 5. The molecular weight excluding hydrogens is 240 g/mol. The van der Waals surface area contributed by atoms with Crippen LogP contribution in [0.25, 0.3) is 0 Å². The van der Waals surface area contributed by atoms with Crippen LogP contribution in [0.3, 0.4) is 0 Å². The van der Waals surface area contributed by atoms with E-state index in [4.69, 9.17) is 0 Å². The van der Waals surface area contributed by atoms with Crippen LogP contribution in [0.4, 0.5) is 0 Å². The maximum Gasteiger partial charge on any atom is 0.163 e. The fourth-order valence-corrected chi connectivity index (χ4v) is 2.89. The third kappa shape index (κ3) is 1.56. The molecule has 1 N–H and O–H groups in total. The number of hydrazine groups is 1. The average Bonchev–Trinajstić information content (AvgIpc) is 3.03. The first-order chi connectivity index (χ1) is 9.22. The summed E-state index contributed by atoms with van der Waals surface area (Å²) in [6.45, 7) is 1.93. The van der Waals surface area contributed by atoms with Crippen LogP contribution in [-0.2, 0) is 12.8 Å². The van der Waals surface area contributed by atoms with Gasteiger partial charge in [-0.1, -0.05) is 0 Å². The molecule has 3 heterocycles. The molecule has 1 aliphatic carbocycles. The Morgan fingerprint density at radius 3 is 3.11 bits per heavy atom. The van der Waals surface area contributed by atoms with Gasteiger partial charge in [-0.25, -0.2) is 14.7 Å². The van der Waals surface area contributed by atoms with Crippen LogP contribution in [0.15, 0.2) is 28.0 Å². The molecule has 0 saturated carbocycles. The quantitative estimate of drug-likeness (QED) is 0.743. The molecule has 6 nitrogen and oxygen atoms in total. The number of aliphatic imine (C=N–C) groups is 2. The second-order valence-corrected chi connectivity index (χ2v) is 5.22. The Bertz CT molecular complexity index is 614. The van der Waals surface area contributed by atoms with Crippen molar-refractivity contribution in [2.45, 2.75) is 32.4 Å². The number of nitrogens with one attached hydrogen (secondary N) is 1. The van der Waals surface area contributed by atoms with Gasteiger partial charge in [-0.05, 0) is 31.7 Å². The highest BCUT2D eigenvalue weighted by molar-refractivity contribution is 6.09. The zero-order valence-electron chi connectivity index (χ0n) is 11.1. The summed E-state index contributed by atoms with van der Waals surface area (Å²) in [5.41, 5.74) is 6.83. The third-order valence-corrected chi connectivity index (χ3v) is 3.86. The molecule has 3 aliphatic rings. The van der Waals surface area contributed by atoms with E-state index < -0.39 is 0 Å². The summed E-state index contributed by atoms with van der Waals surface area (Å²) in [4.78, 5) is 9.12. The van der Waals surface area contributed by atoms with Crippen LogP contribution in [0.5, 0.6) is 0 Å². The number of nitrogens with zero attached hydrogens (tertiary/aromatic N) is 5. The summed E-state index contributed by atoms with van der Waals surface area (Å²) in [5.74, 6) is 1.69. The summed E-state index contributed by atoms with van der Waals surface area (Å²) in [6.07, 6.45) is 7.54. The van der Waals surface area contributed by atoms with E-state index in [2.05, 4.69) is 26.7 Å². The van der Waals surface area contributed by atoms with Crippen molar-refractivity contribution in [3.05, 3.63) is 29.2 Å². The topological polar surface area (TPSA) is 57.8 Å². The first-order valence-electron chi connectivity index (χ1n) is 6.63. The highest BCUT2D eigenvalue weighted by atomic mass is 15.6. The minimum Gasteiger partial charge on any atom is -0.324 e. The van der Waals surface area contributed by atoms with E-state index in [0.717, 1.165) is 30.1 Å². The van der Waals surface area contributed by atoms with Crippen molar-refractivity contribution in [1.29, 1.82) is 0 Å². The maximum atomic E-state index is 4.68. The molecule has 98 valence electrons. The van der Waals surface area contributed by atoms with Crippen LogP contribution in [-0.4, -0.2) is 39.7 Å². The fraction of sp³-hybridized carbons (Fsp3) is 0.462. The number of amidine groups is 1. The van der Waals surface area contributed by atoms with Gasteiger partial charge in [0.15, 0.2) is 12.0 Å². The Balaban J connectivity index is 1.79. The highest BCUT2D eigenvalue weighted by Gasteiger charge is 2.32. The van der Waals surface area contributed by atoms with Crippen molar-refractivity contribution in [1.82, 2.24) is 20.2 Å². The number of fused-ring (bicyclic) bond motifs is 2. The zero-order valence-corrected chi connectivity index (χ0v) is 11.1. The van der Waals surface area contributed by atoms with Crippen LogP contribution in [0, 0.1) is 0 Å². The van der Waals surface area contributed by atoms with Crippen LogP contribution >= 0.6 is 0 Å². The van der Waals surface area contributed by atoms with Gasteiger partial charge in [-0.3, -0.25) is 0 Å². The minimum absolute atomic E-state index is 0.00606. The molecule has 0 amide bonds. The molecule has 6 heteroatoms. The second-order valence-electron chi connectivity index (χ2n) is 5.22. The van der Waals surface area contributed by atoms with Crippen LogP contribution in [0.1, 0.15) is 24.6 Å². The molecule has 1 atom stereocenters. The van der Waals surface area contributed by atoms with Gasteiger partial charge in [0.1, 0.15) is 5.84 Å². The Morgan fingerprint density at radius 1 is 1.37 bits per heavy atom. The van der Waals surface area contributed by atoms with E-state index in [-0.39, 0.29) is 6.17 Å². The van der Waals surface area contributed by atoms with Crippen molar-refractivity contribution < 1.29 is 0 Å². The monoisotopic (exact) mass is 256 g/mol. The van der Waals surface area contributed by atoms with E-state index in [1.54, 1.807) is 0 Å². The Kier molecular flexibility index (Phi) is 2.17. The molecule has 0 radical (unpaired) electrons. The van der Waals surface area contributed by atoms with E-state index in [9.17, 15) is 0 Å². The summed E-state index contributed by atoms with van der Waals surface area (Å²) in [7, 11) is 1.98. The molecule has 0 aromatic carbocycles. The molecular formula is C13H16N6. The zero-order chi connectivity index (χ0) is 13.0. The van der Waals surface area contributed by atoms with Gasteiger partial charge < -0.3 is 5.43 Å². The van der Waals surface area contributed by atoms with Gasteiger partial charge in [0.05, 0.1) is 11.3 Å². The predicted molar refractivity (Wildman–Crippen MR) is 73.0 cm³/mol. The Hall–Kier alpha value is -1.95. The largest absolute Gasteiger partial charge is 0.324 e. The van der Waals surface area contributed by atoms with Gasteiger partial charge in [0.25, 0.3) is 0 Å². The van der Waals surface area contributed by atoms with Crippen molar-refractivity contribution >= 4 is 11.7 Å². The van der Waals surface area contributed by atoms with Gasteiger partial charge in [-0.15, -0.1) is 0 Å². The van der Waals surface area contributed by atoms with Crippen molar-refractivity contribution in [3.63, 3.8) is 0 Å². The molecule has 0 saturated heterocycles. The highest BCUT2D eigenvalue weighted by Crippen LogP contribution is 2.24. The Labute approximate surface area is 111 Å². The lowest BCUT2D eigenvalue weighted by Gasteiger charge is -2.22. The third-order valence-electron chi connectivity index (χ3n) is 3.86. The molecule has 1 aromatic heterocycles. The van der Waals surface area contributed by atoms with E-state index in [1.165, 1.54) is 17.7 Å². The van der Waals surface area contributed by atoms with Crippen molar-refractivity contribution in [2.24, 2.45) is 9.98 Å². The van der Waals surface area contributed by atoms with Crippen LogP contribution < -0.4 is 5.43 Å². The number of aromatic nitrogens is 2. The first kappa shape index (κ1) is 10.9. The van der Waals surface area contributed by atoms with Gasteiger partial charge in [-0.2, -0.15) is 10.1 Å². The standard InChI is InChI=1S/C13H16N6/c1-8-15-12-10(6-14-18(12)2)13(16-8)19-7-9-4-3-5-11(9)17-19/h6-7,12,14H,3-5H2,1-2H3. The normalized spacial score (nSPS) is 25.4. The molecule has 4 rings (SSSR count). The summed E-state index contributed by atoms with van der Waals surface area (Å²) < 4.78 is 1.92. The number of likely N-dealkylation sites (N-methyl/N-ethyl adjacent to an activating group) is 1. The smallest absolute Gasteiger partial charge is 0.163 e. The predicted octanol–water partition coefficient (Wildman–Crippen LogP) is 0.710.